The van der Waals surface area contributed by atoms with Gasteiger partial charge in [-0.3, -0.25) is 9.59 Å². The number of carbonyl (C=O) groups excluding carboxylic acids is 2. The van der Waals surface area contributed by atoms with E-state index in [0.717, 1.165) is 16.2 Å². The first-order valence-electron chi connectivity index (χ1n) is 7.94. The molecule has 1 N–H and O–H groups in total. The average Bonchev–Trinajstić information content (AvgIpc) is 3.29. The van der Waals surface area contributed by atoms with Crippen molar-refractivity contribution in [2.24, 2.45) is 5.10 Å². The molecule has 24 heavy (non-hydrogen) atoms. The van der Waals surface area contributed by atoms with Crippen LogP contribution in [0.15, 0.2) is 52.9 Å². The quantitative estimate of drug-likeness (QED) is 0.909. The predicted octanol–water partition coefficient (Wildman–Crippen LogP) is 2.95. The van der Waals surface area contributed by atoms with Crippen molar-refractivity contribution in [3.05, 3.63) is 58.3 Å². The number of nitrogens with one attached hydrogen (secondary N) is 1. The molecule has 1 aliphatic rings. The Morgan fingerprint density at radius 3 is 2.71 bits per heavy atom. The molecule has 0 saturated carbocycles. The third-order valence-electron chi connectivity index (χ3n) is 3.91. The normalized spacial score (nSPS) is 16.8. The van der Waals surface area contributed by atoms with Crippen LogP contribution in [-0.4, -0.2) is 29.1 Å². The van der Waals surface area contributed by atoms with Gasteiger partial charge in [0, 0.05) is 12.8 Å². The number of rotatable bonds is 5. The molecule has 2 heterocycles. The lowest BCUT2D eigenvalue weighted by Crippen LogP contribution is -2.37. The molecule has 2 aromatic rings. The van der Waals surface area contributed by atoms with Gasteiger partial charge in [-0.2, -0.15) is 5.10 Å². The molecule has 1 aliphatic heterocycles. The van der Waals surface area contributed by atoms with Crippen LogP contribution in [0, 0.1) is 0 Å². The summed E-state index contributed by atoms with van der Waals surface area (Å²) < 4.78 is 0. The molecule has 6 heteroatoms. The van der Waals surface area contributed by atoms with Gasteiger partial charge in [0.2, 0.25) is 5.91 Å². The summed E-state index contributed by atoms with van der Waals surface area (Å²) in [5, 5.41) is 10.7. The van der Waals surface area contributed by atoms with Gasteiger partial charge < -0.3 is 5.32 Å². The Kier molecular flexibility index (Phi) is 5.05. The fraction of sp³-hybridized carbons (Fsp3) is 0.278. The zero-order valence-corrected chi connectivity index (χ0v) is 14.3. The first-order chi connectivity index (χ1) is 11.7. The molecule has 0 bridgehead atoms. The van der Waals surface area contributed by atoms with Gasteiger partial charge in [0.05, 0.1) is 23.2 Å². The highest BCUT2D eigenvalue weighted by atomic mass is 32.1. The largest absolute Gasteiger partial charge is 0.347 e. The van der Waals surface area contributed by atoms with Crippen LogP contribution in [0.3, 0.4) is 0 Å². The molecule has 2 amide bonds. The minimum absolute atomic E-state index is 0.0305. The first kappa shape index (κ1) is 16.4. The third kappa shape index (κ3) is 3.54. The maximum Gasteiger partial charge on any atom is 0.262 e. The van der Waals surface area contributed by atoms with Gasteiger partial charge in [-0.1, -0.05) is 43.3 Å². The van der Waals surface area contributed by atoms with E-state index in [4.69, 9.17) is 0 Å². The Labute approximate surface area is 145 Å². The second-order valence-electron chi connectivity index (χ2n) is 5.52. The summed E-state index contributed by atoms with van der Waals surface area (Å²) in [6, 6.07) is 13.7. The summed E-state index contributed by atoms with van der Waals surface area (Å²) in [5.74, 6) is -0.335. The molecule has 1 atom stereocenters. The molecule has 0 spiro atoms. The number of amides is 2. The van der Waals surface area contributed by atoms with E-state index in [9.17, 15) is 9.59 Å². The van der Waals surface area contributed by atoms with Crippen molar-refractivity contribution in [2.75, 3.05) is 6.54 Å². The average molecular weight is 341 g/mol. The summed E-state index contributed by atoms with van der Waals surface area (Å²) in [6.07, 6.45) is 1.04. The Morgan fingerprint density at radius 1 is 1.25 bits per heavy atom. The zero-order valence-electron chi connectivity index (χ0n) is 13.4. The molecule has 1 aromatic carbocycles. The molecular formula is C18H19N3O2S. The van der Waals surface area contributed by atoms with Gasteiger partial charge in [-0.05, 0) is 17.0 Å². The van der Waals surface area contributed by atoms with Crippen LogP contribution in [0.2, 0.25) is 0 Å². The Bertz CT molecular complexity index is 741. The van der Waals surface area contributed by atoms with Crippen molar-refractivity contribution < 1.29 is 9.59 Å². The number of hydrazone groups is 1. The Morgan fingerprint density at radius 2 is 2.04 bits per heavy atom. The number of nitrogens with zero attached hydrogens (tertiary/aromatic N) is 2. The lowest BCUT2D eigenvalue weighted by molar-refractivity contribution is -0.134. The van der Waals surface area contributed by atoms with Gasteiger partial charge in [0.1, 0.15) is 0 Å². The highest BCUT2D eigenvalue weighted by molar-refractivity contribution is 7.12. The van der Waals surface area contributed by atoms with Crippen molar-refractivity contribution in [1.29, 1.82) is 0 Å². The maximum absolute atomic E-state index is 12.6. The first-order valence-corrected chi connectivity index (χ1v) is 8.82. The molecule has 0 saturated heterocycles. The molecule has 5 nitrogen and oxygen atoms in total. The number of carbonyl (C=O) groups is 2. The molecular weight excluding hydrogens is 322 g/mol. The lowest BCUT2D eigenvalue weighted by Gasteiger charge is -2.22. The van der Waals surface area contributed by atoms with Crippen molar-refractivity contribution in [3.63, 3.8) is 0 Å². The van der Waals surface area contributed by atoms with E-state index in [-0.39, 0.29) is 24.4 Å². The minimum atomic E-state index is -0.197. The second-order valence-corrected chi connectivity index (χ2v) is 6.47. The molecule has 124 valence electrons. The number of hydrogen-bond donors (Lipinski definition) is 1. The fourth-order valence-electron chi connectivity index (χ4n) is 2.65. The van der Waals surface area contributed by atoms with Crippen LogP contribution in [0.1, 0.15) is 36.2 Å². The van der Waals surface area contributed by atoms with E-state index in [1.54, 1.807) is 18.3 Å². The minimum Gasteiger partial charge on any atom is -0.347 e. The van der Waals surface area contributed by atoms with Gasteiger partial charge in [0.25, 0.3) is 5.91 Å². The topological polar surface area (TPSA) is 61.8 Å². The molecule has 1 aromatic heterocycles. The molecule has 0 fully saturated rings. The zero-order chi connectivity index (χ0) is 16.9. The number of thiophene rings is 1. The van der Waals surface area contributed by atoms with E-state index in [0.29, 0.717) is 12.8 Å². The van der Waals surface area contributed by atoms with Gasteiger partial charge >= 0.3 is 0 Å². The summed E-state index contributed by atoms with van der Waals surface area (Å²) in [4.78, 5) is 25.1. The SMILES string of the molecule is CCC(=O)NCC(=O)N1N=C(c2cccs2)C[C@H]1c1ccccc1. The molecule has 0 aliphatic carbocycles. The summed E-state index contributed by atoms with van der Waals surface area (Å²) >= 11 is 1.61. The third-order valence-corrected chi connectivity index (χ3v) is 4.83. The molecule has 0 radical (unpaired) electrons. The monoisotopic (exact) mass is 341 g/mol. The highest BCUT2D eigenvalue weighted by Gasteiger charge is 2.33. The van der Waals surface area contributed by atoms with E-state index in [1.165, 1.54) is 5.01 Å². The van der Waals surface area contributed by atoms with Gasteiger partial charge in [-0.15, -0.1) is 11.3 Å². The summed E-state index contributed by atoms with van der Waals surface area (Å²) in [5.41, 5.74) is 1.96. The van der Waals surface area contributed by atoms with E-state index in [2.05, 4.69) is 10.4 Å². The fourth-order valence-corrected chi connectivity index (χ4v) is 3.37. The van der Waals surface area contributed by atoms with Crippen LogP contribution >= 0.6 is 11.3 Å². The summed E-state index contributed by atoms with van der Waals surface area (Å²) in [6.45, 7) is 1.73. The number of benzene rings is 1. The van der Waals surface area contributed by atoms with Crippen LogP contribution in [-0.2, 0) is 9.59 Å². The van der Waals surface area contributed by atoms with Crippen molar-refractivity contribution in [3.8, 4) is 0 Å². The van der Waals surface area contributed by atoms with E-state index >= 15 is 0 Å². The summed E-state index contributed by atoms with van der Waals surface area (Å²) in [7, 11) is 0. The Balaban J connectivity index is 1.82. The van der Waals surface area contributed by atoms with Crippen molar-refractivity contribution >= 4 is 28.9 Å². The van der Waals surface area contributed by atoms with E-state index < -0.39 is 0 Å². The number of hydrogen-bond acceptors (Lipinski definition) is 4. The predicted molar refractivity (Wildman–Crippen MR) is 94.8 cm³/mol. The van der Waals surface area contributed by atoms with Crippen molar-refractivity contribution in [2.45, 2.75) is 25.8 Å². The maximum atomic E-state index is 12.6. The molecule has 0 unspecified atom stereocenters. The van der Waals surface area contributed by atoms with Crippen molar-refractivity contribution in [1.82, 2.24) is 10.3 Å². The Hall–Kier alpha value is -2.47. The van der Waals surface area contributed by atoms with Crippen LogP contribution in [0.25, 0.3) is 0 Å². The standard InChI is InChI=1S/C18H19N3O2S/c1-2-17(22)19-12-18(23)21-15(13-7-4-3-5-8-13)11-14(20-21)16-9-6-10-24-16/h3-10,15H,2,11-12H2,1H3,(H,19,22)/t15-/m0/s1. The molecule has 3 rings (SSSR count). The van der Waals surface area contributed by atoms with Gasteiger partial charge in [-0.25, -0.2) is 5.01 Å². The van der Waals surface area contributed by atoms with Gasteiger partial charge in [0.15, 0.2) is 0 Å². The lowest BCUT2D eigenvalue weighted by atomic mass is 10.0. The van der Waals surface area contributed by atoms with E-state index in [1.807, 2.05) is 47.8 Å². The van der Waals surface area contributed by atoms with Crippen LogP contribution in [0.4, 0.5) is 0 Å². The highest BCUT2D eigenvalue weighted by Crippen LogP contribution is 2.33. The van der Waals surface area contributed by atoms with Crippen LogP contribution < -0.4 is 5.32 Å². The second kappa shape index (κ2) is 7.40. The smallest absolute Gasteiger partial charge is 0.262 e. The van der Waals surface area contributed by atoms with Crippen LogP contribution in [0.5, 0.6) is 0 Å².